The second kappa shape index (κ2) is 6.78. The number of rotatable bonds is 6. The van der Waals surface area contributed by atoms with E-state index in [1.165, 1.54) is 6.92 Å². The number of amides is 1. The second-order valence-corrected chi connectivity index (χ2v) is 4.61. The molecule has 0 unspecified atom stereocenters. The minimum Gasteiger partial charge on any atom is -0.483 e. The first-order valence-corrected chi connectivity index (χ1v) is 6.15. The maximum atomic E-state index is 11.5. The molecule has 0 spiro atoms. The Labute approximate surface area is 112 Å². The summed E-state index contributed by atoms with van der Waals surface area (Å²) < 4.78 is 5.44. The molecule has 1 aromatic rings. The number of para-hydroxylation sites is 1. The van der Waals surface area contributed by atoms with Gasteiger partial charge < -0.3 is 15.2 Å². The maximum Gasteiger partial charge on any atom is 0.325 e. The lowest BCUT2D eigenvalue weighted by molar-refractivity contribution is -0.141. The number of aliphatic carboxylic acids is 1. The Hall–Kier alpha value is -2.04. The van der Waals surface area contributed by atoms with Crippen LogP contribution >= 0.6 is 0 Å². The predicted octanol–water partition coefficient (Wildman–Crippen LogP) is 1.78. The van der Waals surface area contributed by atoms with Gasteiger partial charge in [-0.25, -0.2) is 0 Å². The van der Waals surface area contributed by atoms with Crippen LogP contribution < -0.4 is 10.1 Å². The Kier molecular flexibility index (Phi) is 5.36. The molecule has 0 fully saturated rings. The molecule has 1 amide bonds. The molecule has 19 heavy (non-hydrogen) atoms. The fraction of sp³-hybridized carbons (Fsp3) is 0.429. The van der Waals surface area contributed by atoms with Gasteiger partial charge in [0, 0.05) is 0 Å². The molecule has 0 aliphatic carbocycles. The first-order valence-electron chi connectivity index (χ1n) is 6.15. The number of ether oxygens (including phenoxy) is 1. The third-order valence-corrected chi connectivity index (χ3v) is 2.65. The lowest BCUT2D eigenvalue weighted by Gasteiger charge is -2.14. The quantitative estimate of drug-likeness (QED) is 0.822. The molecular weight excluding hydrogens is 246 g/mol. The molecule has 1 aromatic carbocycles. The van der Waals surface area contributed by atoms with E-state index in [1.807, 2.05) is 32.0 Å². The third-order valence-electron chi connectivity index (χ3n) is 2.65. The first kappa shape index (κ1) is 15.0. The molecule has 5 heteroatoms. The van der Waals surface area contributed by atoms with Gasteiger partial charge in [-0.15, -0.1) is 0 Å². The number of carbonyl (C=O) groups excluding carboxylic acids is 1. The summed E-state index contributed by atoms with van der Waals surface area (Å²) in [4.78, 5) is 22.1. The van der Waals surface area contributed by atoms with E-state index in [9.17, 15) is 9.59 Å². The summed E-state index contributed by atoms with van der Waals surface area (Å²) in [6, 6.07) is 6.56. The number of benzene rings is 1. The van der Waals surface area contributed by atoms with Gasteiger partial charge in [0.25, 0.3) is 5.91 Å². The van der Waals surface area contributed by atoms with E-state index in [4.69, 9.17) is 9.84 Å². The van der Waals surface area contributed by atoms with E-state index in [-0.39, 0.29) is 12.5 Å². The molecule has 2 N–H and O–H groups in total. The average molecular weight is 265 g/mol. The standard InChI is InChI=1S/C14H19NO4/c1-9(2)11-6-4-5-7-12(11)19-8-13(16)15-10(3)14(17)18/h4-7,9-10H,8H2,1-3H3,(H,15,16)(H,17,18)/t10-/m0/s1. The average Bonchev–Trinajstić information content (AvgIpc) is 2.36. The van der Waals surface area contributed by atoms with Crippen LogP contribution in [0.5, 0.6) is 5.75 Å². The Morgan fingerprint density at radius 2 is 1.89 bits per heavy atom. The summed E-state index contributed by atoms with van der Waals surface area (Å²) in [6.45, 7) is 5.28. The normalized spacial score (nSPS) is 12.0. The van der Waals surface area contributed by atoms with Gasteiger partial charge in [-0.3, -0.25) is 9.59 Å². The fourth-order valence-corrected chi connectivity index (χ4v) is 1.58. The van der Waals surface area contributed by atoms with Crippen molar-refractivity contribution in [1.29, 1.82) is 0 Å². The summed E-state index contributed by atoms with van der Waals surface area (Å²) in [5.74, 6) is -0.586. The smallest absolute Gasteiger partial charge is 0.325 e. The lowest BCUT2D eigenvalue weighted by Crippen LogP contribution is -2.40. The van der Waals surface area contributed by atoms with Crippen LogP contribution in [0.3, 0.4) is 0 Å². The molecule has 0 heterocycles. The molecular formula is C14H19NO4. The van der Waals surface area contributed by atoms with Gasteiger partial charge in [0.05, 0.1) is 0 Å². The molecule has 0 aliphatic heterocycles. The summed E-state index contributed by atoms with van der Waals surface area (Å²) in [6.07, 6.45) is 0. The first-order chi connectivity index (χ1) is 8.91. The summed E-state index contributed by atoms with van der Waals surface area (Å²) in [7, 11) is 0. The number of hydrogen-bond donors (Lipinski definition) is 2. The van der Waals surface area contributed by atoms with Gasteiger partial charge in [0.2, 0.25) is 0 Å². The van der Waals surface area contributed by atoms with E-state index in [0.29, 0.717) is 5.75 Å². The van der Waals surface area contributed by atoms with Crippen molar-refractivity contribution < 1.29 is 19.4 Å². The van der Waals surface area contributed by atoms with Crippen molar-refractivity contribution >= 4 is 11.9 Å². The van der Waals surface area contributed by atoms with Gasteiger partial charge in [-0.1, -0.05) is 32.0 Å². The van der Waals surface area contributed by atoms with E-state index in [0.717, 1.165) is 5.56 Å². The van der Waals surface area contributed by atoms with E-state index >= 15 is 0 Å². The fourth-order valence-electron chi connectivity index (χ4n) is 1.58. The number of nitrogens with one attached hydrogen (secondary N) is 1. The maximum absolute atomic E-state index is 11.5. The number of carboxylic acid groups (broad SMARTS) is 1. The van der Waals surface area contributed by atoms with Crippen LogP contribution in [-0.4, -0.2) is 29.6 Å². The second-order valence-electron chi connectivity index (χ2n) is 4.61. The van der Waals surface area contributed by atoms with Crippen molar-refractivity contribution in [2.75, 3.05) is 6.61 Å². The Morgan fingerprint density at radius 1 is 1.26 bits per heavy atom. The zero-order valence-corrected chi connectivity index (χ0v) is 11.3. The van der Waals surface area contributed by atoms with Gasteiger partial charge in [-0.05, 0) is 24.5 Å². The predicted molar refractivity (Wildman–Crippen MR) is 71.3 cm³/mol. The van der Waals surface area contributed by atoms with Crippen LogP contribution in [0.2, 0.25) is 0 Å². The van der Waals surface area contributed by atoms with Crippen molar-refractivity contribution in [1.82, 2.24) is 5.32 Å². The number of carbonyl (C=O) groups is 2. The van der Waals surface area contributed by atoms with Crippen molar-refractivity contribution in [3.8, 4) is 5.75 Å². The molecule has 5 nitrogen and oxygen atoms in total. The Bertz CT molecular complexity index is 457. The largest absolute Gasteiger partial charge is 0.483 e. The van der Waals surface area contributed by atoms with Crippen molar-refractivity contribution in [2.24, 2.45) is 0 Å². The molecule has 0 aliphatic rings. The van der Waals surface area contributed by atoms with Crippen LogP contribution in [0.15, 0.2) is 24.3 Å². The monoisotopic (exact) mass is 265 g/mol. The van der Waals surface area contributed by atoms with Crippen molar-refractivity contribution in [3.63, 3.8) is 0 Å². The molecule has 1 rings (SSSR count). The van der Waals surface area contributed by atoms with Crippen molar-refractivity contribution in [3.05, 3.63) is 29.8 Å². The van der Waals surface area contributed by atoms with E-state index in [1.54, 1.807) is 6.07 Å². The number of carboxylic acids is 1. The Balaban J connectivity index is 2.58. The summed E-state index contributed by atoms with van der Waals surface area (Å²) in [5, 5.41) is 11.0. The van der Waals surface area contributed by atoms with Gasteiger partial charge in [0.15, 0.2) is 6.61 Å². The van der Waals surface area contributed by atoms with E-state index in [2.05, 4.69) is 5.32 Å². The molecule has 0 saturated carbocycles. The Morgan fingerprint density at radius 3 is 2.47 bits per heavy atom. The third kappa shape index (κ3) is 4.62. The van der Waals surface area contributed by atoms with Gasteiger partial charge in [0.1, 0.15) is 11.8 Å². The lowest BCUT2D eigenvalue weighted by atomic mass is 10.0. The minimum absolute atomic E-state index is 0.193. The zero-order valence-electron chi connectivity index (χ0n) is 11.3. The van der Waals surface area contributed by atoms with Gasteiger partial charge in [-0.2, -0.15) is 0 Å². The van der Waals surface area contributed by atoms with Crippen molar-refractivity contribution in [2.45, 2.75) is 32.7 Å². The zero-order chi connectivity index (χ0) is 14.4. The van der Waals surface area contributed by atoms with E-state index < -0.39 is 17.9 Å². The number of hydrogen-bond acceptors (Lipinski definition) is 3. The molecule has 0 bridgehead atoms. The SMILES string of the molecule is CC(C)c1ccccc1OCC(=O)N[C@@H](C)C(=O)O. The van der Waals surface area contributed by atoms with Crippen LogP contribution in [-0.2, 0) is 9.59 Å². The topological polar surface area (TPSA) is 75.6 Å². The summed E-state index contributed by atoms with van der Waals surface area (Å²) >= 11 is 0. The highest BCUT2D eigenvalue weighted by molar-refractivity contribution is 5.84. The highest BCUT2D eigenvalue weighted by Gasteiger charge is 2.15. The van der Waals surface area contributed by atoms with Gasteiger partial charge >= 0.3 is 5.97 Å². The molecule has 1 atom stereocenters. The molecule has 0 saturated heterocycles. The van der Waals surface area contributed by atoms with Crippen LogP contribution in [0.25, 0.3) is 0 Å². The molecule has 0 aromatic heterocycles. The highest BCUT2D eigenvalue weighted by atomic mass is 16.5. The van der Waals surface area contributed by atoms with Crippen LogP contribution in [0.1, 0.15) is 32.3 Å². The minimum atomic E-state index is -1.07. The highest BCUT2D eigenvalue weighted by Crippen LogP contribution is 2.25. The molecule has 104 valence electrons. The summed E-state index contributed by atoms with van der Waals surface area (Å²) in [5.41, 5.74) is 1.02. The molecule has 0 radical (unpaired) electrons. The van der Waals surface area contributed by atoms with Crippen LogP contribution in [0, 0.1) is 0 Å². The van der Waals surface area contributed by atoms with Crippen LogP contribution in [0.4, 0.5) is 0 Å².